The van der Waals surface area contributed by atoms with Gasteiger partial charge in [0.05, 0.1) is 18.1 Å². The van der Waals surface area contributed by atoms with Gasteiger partial charge in [-0.1, -0.05) is 23.7 Å². The van der Waals surface area contributed by atoms with Crippen LogP contribution in [0.25, 0.3) is 16.9 Å². The highest BCUT2D eigenvalue weighted by Gasteiger charge is 2.20. The lowest BCUT2D eigenvalue weighted by Crippen LogP contribution is -2.37. The molecule has 2 aromatic heterocycles. The SMILES string of the molecule is CN(CCN)C(=O)c1cc(-c2ccc(Cl)cc2)nn(-c2cnn(C)c2)c1=O. The quantitative estimate of drug-likeness (QED) is 0.712. The maximum atomic E-state index is 12.9. The van der Waals surface area contributed by atoms with Crippen molar-refractivity contribution in [1.29, 1.82) is 0 Å². The van der Waals surface area contributed by atoms with E-state index in [9.17, 15) is 9.59 Å². The molecular formula is C18H19ClN6O2. The molecule has 0 saturated carbocycles. The summed E-state index contributed by atoms with van der Waals surface area (Å²) in [5, 5.41) is 9.07. The number of likely N-dealkylation sites (N-methyl/N-ethyl adjacent to an activating group) is 1. The maximum absolute atomic E-state index is 12.9. The molecule has 1 amide bonds. The Morgan fingerprint density at radius 1 is 1.30 bits per heavy atom. The standard InChI is InChI=1S/C18H19ClN6O2/c1-23(8-7-20)17(26)15-9-16(12-3-5-13(19)6-4-12)22-25(18(15)27)14-10-21-24(2)11-14/h3-6,9-11H,7-8,20H2,1-2H3. The van der Waals surface area contributed by atoms with Crippen LogP contribution in [0, 0.1) is 0 Å². The molecule has 9 heteroatoms. The average molecular weight is 387 g/mol. The van der Waals surface area contributed by atoms with Crippen LogP contribution < -0.4 is 11.3 Å². The minimum Gasteiger partial charge on any atom is -0.340 e. The van der Waals surface area contributed by atoms with Crippen LogP contribution >= 0.6 is 11.6 Å². The highest BCUT2D eigenvalue weighted by Crippen LogP contribution is 2.20. The largest absolute Gasteiger partial charge is 0.340 e. The Morgan fingerprint density at radius 2 is 2.00 bits per heavy atom. The Balaban J connectivity index is 2.20. The van der Waals surface area contributed by atoms with Crippen molar-refractivity contribution in [3.63, 3.8) is 0 Å². The molecular weight excluding hydrogens is 368 g/mol. The van der Waals surface area contributed by atoms with Crippen molar-refractivity contribution in [2.45, 2.75) is 0 Å². The third kappa shape index (κ3) is 3.91. The number of aromatic nitrogens is 4. The molecule has 0 bridgehead atoms. The molecule has 2 heterocycles. The van der Waals surface area contributed by atoms with E-state index in [1.165, 1.54) is 21.8 Å². The van der Waals surface area contributed by atoms with E-state index in [0.29, 0.717) is 29.5 Å². The summed E-state index contributed by atoms with van der Waals surface area (Å²) >= 11 is 5.95. The number of nitrogens with two attached hydrogens (primary N) is 1. The van der Waals surface area contributed by atoms with E-state index in [4.69, 9.17) is 17.3 Å². The molecule has 3 aromatic rings. The Morgan fingerprint density at radius 3 is 2.59 bits per heavy atom. The van der Waals surface area contributed by atoms with E-state index < -0.39 is 11.5 Å². The molecule has 0 radical (unpaired) electrons. The van der Waals surface area contributed by atoms with Crippen LogP contribution in [0.2, 0.25) is 5.02 Å². The van der Waals surface area contributed by atoms with Gasteiger partial charge in [0.25, 0.3) is 11.5 Å². The predicted octanol–water partition coefficient (Wildman–Crippen LogP) is 1.32. The van der Waals surface area contributed by atoms with Gasteiger partial charge in [-0.3, -0.25) is 14.3 Å². The number of hydrogen-bond acceptors (Lipinski definition) is 5. The molecule has 27 heavy (non-hydrogen) atoms. The molecule has 0 aliphatic rings. The van der Waals surface area contributed by atoms with E-state index in [1.54, 1.807) is 49.2 Å². The summed E-state index contributed by atoms with van der Waals surface area (Å²) in [4.78, 5) is 27.1. The van der Waals surface area contributed by atoms with Crippen LogP contribution in [0.5, 0.6) is 0 Å². The van der Waals surface area contributed by atoms with Crippen molar-refractivity contribution >= 4 is 17.5 Å². The number of carbonyl (C=O) groups excluding carboxylic acids is 1. The number of carbonyl (C=O) groups is 1. The number of benzene rings is 1. The van der Waals surface area contributed by atoms with Crippen LogP contribution in [-0.4, -0.2) is 50.5 Å². The second-order valence-electron chi connectivity index (χ2n) is 6.05. The van der Waals surface area contributed by atoms with Gasteiger partial charge in [-0.05, 0) is 18.2 Å². The van der Waals surface area contributed by atoms with Gasteiger partial charge in [0.2, 0.25) is 0 Å². The van der Waals surface area contributed by atoms with Crippen LogP contribution in [0.15, 0.2) is 47.5 Å². The first-order chi connectivity index (χ1) is 12.9. The molecule has 1 aromatic carbocycles. The monoisotopic (exact) mass is 386 g/mol. The molecule has 3 rings (SSSR count). The van der Waals surface area contributed by atoms with Gasteiger partial charge < -0.3 is 10.6 Å². The molecule has 0 fully saturated rings. The summed E-state index contributed by atoms with van der Waals surface area (Å²) in [7, 11) is 3.34. The third-order valence-corrected chi connectivity index (χ3v) is 4.28. The first-order valence-corrected chi connectivity index (χ1v) is 8.63. The summed E-state index contributed by atoms with van der Waals surface area (Å²) in [6.07, 6.45) is 3.16. The van der Waals surface area contributed by atoms with Gasteiger partial charge >= 0.3 is 0 Å². The minimum absolute atomic E-state index is 0.00903. The van der Waals surface area contributed by atoms with Crippen LogP contribution in [-0.2, 0) is 7.05 Å². The van der Waals surface area contributed by atoms with E-state index in [-0.39, 0.29) is 5.56 Å². The summed E-state index contributed by atoms with van der Waals surface area (Å²) < 4.78 is 2.74. The van der Waals surface area contributed by atoms with Gasteiger partial charge in [0, 0.05) is 37.8 Å². The van der Waals surface area contributed by atoms with Gasteiger partial charge in [-0.25, -0.2) is 0 Å². The second-order valence-corrected chi connectivity index (χ2v) is 6.49. The fourth-order valence-corrected chi connectivity index (χ4v) is 2.73. The summed E-state index contributed by atoms with van der Waals surface area (Å²) in [6, 6.07) is 8.50. The van der Waals surface area contributed by atoms with E-state index in [1.807, 2.05) is 0 Å². The number of rotatable bonds is 5. The fourth-order valence-electron chi connectivity index (χ4n) is 2.60. The lowest BCUT2D eigenvalue weighted by Gasteiger charge is -2.17. The number of aryl methyl sites for hydroxylation is 1. The Labute approximate surface area is 160 Å². The van der Waals surface area contributed by atoms with Gasteiger partial charge in [-0.15, -0.1) is 0 Å². The van der Waals surface area contributed by atoms with Crippen LogP contribution in [0.3, 0.4) is 0 Å². The highest BCUT2D eigenvalue weighted by atomic mass is 35.5. The van der Waals surface area contributed by atoms with Gasteiger partial charge in [-0.2, -0.15) is 14.9 Å². The topological polar surface area (TPSA) is 99.0 Å². The van der Waals surface area contributed by atoms with Crippen molar-refractivity contribution in [2.75, 3.05) is 20.1 Å². The molecule has 0 saturated heterocycles. The van der Waals surface area contributed by atoms with Crippen molar-refractivity contribution in [3.8, 4) is 16.9 Å². The maximum Gasteiger partial charge on any atom is 0.284 e. The zero-order chi connectivity index (χ0) is 19.6. The van der Waals surface area contributed by atoms with Gasteiger partial charge in [0.15, 0.2) is 0 Å². The molecule has 8 nitrogen and oxygen atoms in total. The van der Waals surface area contributed by atoms with Crippen molar-refractivity contribution in [2.24, 2.45) is 12.8 Å². The Hall–Kier alpha value is -2.97. The Kier molecular flexibility index (Phi) is 5.38. The minimum atomic E-state index is -0.519. The molecule has 0 atom stereocenters. The fraction of sp³-hybridized carbons (Fsp3) is 0.222. The summed E-state index contributed by atoms with van der Waals surface area (Å²) in [5.41, 5.74) is 6.69. The zero-order valence-corrected chi connectivity index (χ0v) is 15.7. The number of amides is 1. The normalized spacial score (nSPS) is 10.8. The molecule has 0 spiro atoms. The summed E-state index contributed by atoms with van der Waals surface area (Å²) in [6.45, 7) is 0.637. The molecule has 0 unspecified atom stereocenters. The predicted molar refractivity (Wildman–Crippen MR) is 103 cm³/mol. The molecule has 140 valence electrons. The van der Waals surface area contributed by atoms with Crippen molar-refractivity contribution in [1.82, 2.24) is 24.5 Å². The first-order valence-electron chi connectivity index (χ1n) is 8.25. The average Bonchev–Trinajstić information content (AvgIpc) is 3.08. The van der Waals surface area contributed by atoms with Gasteiger partial charge in [0.1, 0.15) is 11.3 Å². The van der Waals surface area contributed by atoms with E-state index in [0.717, 1.165) is 5.56 Å². The molecule has 2 N–H and O–H groups in total. The lowest BCUT2D eigenvalue weighted by atomic mass is 10.1. The van der Waals surface area contributed by atoms with Crippen molar-refractivity contribution < 1.29 is 4.79 Å². The Bertz CT molecular complexity index is 1030. The first kappa shape index (κ1) is 18.8. The molecule has 0 aliphatic heterocycles. The zero-order valence-electron chi connectivity index (χ0n) is 15.0. The lowest BCUT2D eigenvalue weighted by molar-refractivity contribution is 0.0796. The number of nitrogens with zero attached hydrogens (tertiary/aromatic N) is 5. The highest BCUT2D eigenvalue weighted by molar-refractivity contribution is 6.30. The number of halogens is 1. The van der Waals surface area contributed by atoms with E-state index >= 15 is 0 Å². The van der Waals surface area contributed by atoms with E-state index in [2.05, 4.69) is 10.2 Å². The molecule has 0 aliphatic carbocycles. The van der Waals surface area contributed by atoms with Crippen LogP contribution in [0.4, 0.5) is 0 Å². The number of hydrogen-bond donors (Lipinski definition) is 1. The smallest absolute Gasteiger partial charge is 0.284 e. The van der Waals surface area contributed by atoms with Crippen molar-refractivity contribution in [3.05, 3.63) is 63.7 Å². The van der Waals surface area contributed by atoms with Crippen LogP contribution in [0.1, 0.15) is 10.4 Å². The third-order valence-electron chi connectivity index (χ3n) is 4.03. The second kappa shape index (κ2) is 7.73. The summed E-state index contributed by atoms with van der Waals surface area (Å²) in [5.74, 6) is -0.416.